The molecule has 0 aliphatic heterocycles. The average Bonchev–Trinajstić information content (AvgIpc) is 3.71. The predicted molar refractivity (Wildman–Crippen MR) is 272 cm³/mol. The van der Waals surface area contributed by atoms with E-state index in [1.165, 1.54) is 65.6 Å². The summed E-state index contributed by atoms with van der Waals surface area (Å²) in [5, 5.41) is 7.40. The largest absolute Gasteiger partial charge is 0.309 e. The smallest absolute Gasteiger partial charge is 0.0541 e. The molecule has 12 rings (SSSR count). The number of hydrogen-bond donors (Lipinski definition) is 0. The molecule has 0 amide bonds. The summed E-state index contributed by atoms with van der Waals surface area (Å²) >= 11 is 0. The van der Waals surface area contributed by atoms with E-state index in [0.29, 0.717) is 0 Å². The van der Waals surface area contributed by atoms with Gasteiger partial charge < -0.3 is 9.47 Å². The number of nitrogens with zero attached hydrogens (tertiary/aromatic N) is 2. The van der Waals surface area contributed by atoms with Crippen molar-refractivity contribution < 1.29 is 0 Å². The van der Waals surface area contributed by atoms with Crippen LogP contribution in [0.2, 0.25) is 0 Å². The molecule has 64 heavy (non-hydrogen) atoms. The van der Waals surface area contributed by atoms with Crippen LogP contribution in [0.5, 0.6) is 0 Å². The van der Waals surface area contributed by atoms with Crippen molar-refractivity contribution in [3.8, 4) is 50.2 Å². The normalized spacial score (nSPS) is 11.4. The summed E-state index contributed by atoms with van der Waals surface area (Å²) < 4.78 is 2.43. The predicted octanol–water partition coefficient (Wildman–Crippen LogP) is 17.2. The van der Waals surface area contributed by atoms with E-state index in [1.807, 2.05) is 0 Å². The molecule has 1 aromatic heterocycles. The van der Waals surface area contributed by atoms with Gasteiger partial charge in [0.05, 0.1) is 28.1 Å². The zero-order chi connectivity index (χ0) is 42.4. The third-order valence-corrected chi connectivity index (χ3v) is 12.8. The monoisotopic (exact) mass is 814 g/mol. The van der Waals surface area contributed by atoms with Gasteiger partial charge in [0.25, 0.3) is 0 Å². The second kappa shape index (κ2) is 15.8. The SMILES string of the molecule is c1ccc(-c2cc(-c3ccccc3-n3c4ccccc4c4ccccc43)ccc2N(c2cccc(-c3ccc(-c4ccc5ccccc5c4)cc3)c2)c2cccc3ccccc23)cc1. The Morgan fingerprint density at radius 1 is 0.266 bits per heavy atom. The lowest BCUT2D eigenvalue weighted by Gasteiger charge is -2.30. The molecule has 11 aromatic carbocycles. The number of benzene rings is 11. The highest BCUT2D eigenvalue weighted by Crippen LogP contribution is 2.46. The third-order valence-electron chi connectivity index (χ3n) is 12.8. The molecule has 0 bridgehead atoms. The van der Waals surface area contributed by atoms with Gasteiger partial charge in [-0.3, -0.25) is 0 Å². The van der Waals surface area contributed by atoms with Crippen molar-refractivity contribution in [1.29, 1.82) is 0 Å². The fourth-order valence-electron chi connectivity index (χ4n) is 9.70. The molecule has 0 radical (unpaired) electrons. The van der Waals surface area contributed by atoms with Gasteiger partial charge in [0.2, 0.25) is 0 Å². The van der Waals surface area contributed by atoms with E-state index in [2.05, 4.69) is 264 Å². The Labute approximate surface area is 373 Å². The van der Waals surface area contributed by atoms with Gasteiger partial charge in [-0.2, -0.15) is 0 Å². The molecule has 0 saturated carbocycles. The fourth-order valence-corrected chi connectivity index (χ4v) is 9.70. The number of fused-ring (bicyclic) bond motifs is 5. The van der Waals surface area contributed by atoms with Gasteiger partial charge in [-0.05, 0) is 104 Å². The molecule has 0 atom stereocenters. The van der Waals surface area contributed by atoms with Crippen LogP contribution >= 0.6 is 0 Å². The van der Waals surface area contributed by atoms with E-state index >= 15 is 0 Å². The van der Waals surface area contributed by atoms with E-state index in [4.69, 9.17) is 0 Å². The van der Waals surface area contributed by atoms with Crippen LogP contribution < -0.4 is 4.90 Å². The van der Waals surface area contributed by atoms with Gasteiger partial charge in [-0.15, -0.1) is 0 Å². The van der Waals surface area contributed by atoms with Crippen molar-refractivity contribution in [2.24, 2.45) is 0 Å². The first-order chi connectivity index (χ1) is 31.7. The van der Waals surface area contributed by atoms with Crippen LogP contribution in [-0.4, -0.2) is 4.57 Å². The molecule has 0 fully saturated rings. The summed E-state index contributed by atoms with van der Waals surface area (Å²) in [6, 6.07) is 92.8. The quantitative estimate of drug-likeness (QED) is 0.148. The minimum absolute atomic E-state index is 1.09. The van der Waals surface area contributed by atoms with Crippen molar-refractivity contribution in [2.75, 3.05) is 4.90 Å². The van der Waals surface area contributed by atoms with Crippen LogP contribution in [0.4, 0.5) is 17.1 Å². The lowest BCUT2D eigenvalue weighted by molar-refractivity contribution is 1.18. The summed E-state index contributed by atoms with van der Waals surface area (Å²) in [6.45, 7) is 0. The summed E-state index contributed by atoms with van der Waals surface area (Å²) in [6.07, 6.45) is 0. The summed E-state index contributed by atoms with van der Waals surface area (Å²) in [4.78, 5) is 2.46. The zero-order valence-electron chi connectivity index (χ0n) is 35.1. The van der Waals surface area contributed by atoms with E-state index in [1.54, 1.807) is 0 Å². The molecule has 2 heteroatoms. The van der Waals surface area contributed by atoms with Gasteiger partial charge in [-0.1, -0.05) is 200 Å². The lowest BCUT2D eigenvalue weighted by atomic mass is 9.94. The molecule has 0 saturated heterocycles. The highest BCUT2D eigenvalue weighted by molar-refractivity contribution is 6.10. The van der Waals surface area contributed by atoms with E-state index < -0.39 is 0 Å². The minimum Gasteiger partial charge on any atom is -0.309 e. The van der Waals surface area contributed by atoms with Crippen molar-refractivity contribution in [1.82, 2.24) is 4.57 Å². The van der Waals surface area contributed by atoms with Crippen LogP contribution in [-0.2, 0) is 0 Å². The van der Waals surface area contributed by atoms with Gasteiger partial charge in [-0.25, -0.2) is 0 Å². The molecule has 0 aliphatic rings. The summed E-state index contributed by atoms with van der Waals surface area (Å²) in [5.41, 5.74) is 16.2. The number of anilines is 3. The van der Waals surface area contributed by atoms with Crippen molar-refractivity contribution in [3.05, 3.63) is 255 Å². The first kappa shape index (κ1) is 37.3. The average molecular weight is 815 g/mol. The maximum atomic E-state index is 2.46. The number of rotatable bonds is 8. The number of para-hydroxylation sites is 3. The molecule has 0 unspecified atom stereocenters. The van der Waals surface area contributed by atoms with Crippen LogP contribution in [0.3, 0.4) is 0 Å². The van der Waals surface area contributed by atoms with Gasteiger partial charge >= 0.3 is 0 Å². The zero-order valence-corrected chi connectivity index (χ0v) is 35.1. The van der Waals surface area contributed by atoms with Crippen LogP contribution in [0.1, 0.15) is 0 Å². The third kappa shape index (κ3) is 6.52. The Kier molecular flexibility index (Phi) is 9.20. The molecule has 2 nitrogen and oxygen atoms in total. The van der Waals surface area contributed by atoms with Crippen molar-refractivity contribution in [2.45, 2.75) is 0 Å². The van der Waals surface area contributed by atoms with Gasteiger partial charge in [0.15, 0.2) is 0 Å². The van der Waals surface area contributed by atoms with E-state index in [9.17, 15) is 0 Å². The Morgan fingerprint density at radius 3 is 1.58 bits per heavy atom. The molecule has 0 spiro atoms. The maximum absolute atomic E-state index is 2.46. The highest BCUT2D eigenvalue weighted by Gasteiger charge is 2.22. The maximum Gasteiger partial charge on any atom is 0.0541 e. The molecule has 0 aliphatic carbocycles. The van der Waals surface area contributed by atoms with Gasteiger partial charge in [0.1, 0.15) is 0 Å². The topological polar surface area (TPSA) is 8.17 Å². The van der Waals surface area contributed by atoms with Crippen LogP contribution in [0.15, 0.2) is 255 Å². The first-order valence-electron chi connectivity index (χ1n) is 22.0. The molecule has 300 valence electrons. The van der Waals surface area contributed by atoms with Crippen LogP contribution in [0.25, 0.3) is 93.5 Å². The van der Waals surface area contributed by atoms with Crippen LogP contribution in [0, 0.1) is 0 Å². The molecular formula is C62H42N2. The second-order valence-corrected chi connectivity index (χ2v) is 16.5. The lowest BCUT2D eigenvalue weighted by Crippen LogP contribution is -2.12. The number of hydrogen-bond acceptors (Lipinski definition) is 1. The molecule has 1 heterocycles. The minimum atomic E-state index is 1.09. The van der Waals surface area contributed by atoms with Gasteiger partial charge in [0, 0.05) is 33.0 Å². The highest BCUT2D eigenvalue weighted by atomic mass is 15.1. The summed E-state index contributed by atoms with van der Waals surface area (Å²) in [5.74, 6) is 0. The Bertz CT molecular complexity index is 3610. The van der Waals surface area contributed by atoms with E-state index in [-0.39, 0.29) is 0 Å². The Balaban J connectivity index is 1.03. The van der Waals surface area contributed by atoms with Crippen molar-refractivity contribution >= 4 is 60.4 Å². The molecule has 0 N–H and O–H groups in total. The standard InChI is InChI=1S/C62H42N2/c1-2-17-47(18-3-1)57-42-51(54-25-8-11-28-59(54)64-60-29-12-9-26-55(60)56-27-10-13-30-61(56)64)38-39-62(57)63(58-31-15-21-46-19-6-7-24-53(46)58)52-23-14-22-49(41-52)44-32-34-45(35-33-44)50-37-36-43-16-4-5-20-48(43)40-50/h1-42H. The second-order valence-electron chi connectivity index (χ2n) is 16.5. The van der Waals surface area contributed by atoms with Crippen molar-refractivity contribution in [3.63, 3.8) is 0 Å². The van der Waals surface area contributed by atoms with E-state index in [0.717, 1.165) is 45.0 Å². The molecular weight excluding hydrogens is 773 g/mol. The number of aromatic nitrogens is 1. The fraction of sp³-hybridized carbons (Fsp3) is 0. The molecule has 12 aromatic rings. The Hall–Kier alpha value is -8.46. The summed E-state index contributed by atoms with van der Waals surface area (Å²) in [7, 11) is 0. The first-order valence-corrected chi connectivity index (χ1v) is 22.0. The Morgan fingerprint density at radius 2 is 0.812 bits per heavy atom.